The minimum atomic E-state index is 0.635. The Bertz CT molecular complexity index is 293. The molecular formula is C10H18N4O. The molecule has 84 valence electrons. The van der Waals surface area contributed by atoms with E-state index in [2.05, 4.69) is 15.3 Å². The summed E-state index contributed by atoms with van der Waals surface area (Å²) in [5.74, 6) is 1.53. The molecule has 15 heavy (non-hydrogen) atoms. The number of ether oxygens (including phenoxy) is 1. The Morgan fingerprint density at radius 3 is 3.00 bits per heavy atom. The maximum Gasteiger partial charge on any atom is 0.224 e. The Morgan fingerprint density at radius 2 is 2.33 bits per heavy atom. The number of hydrogen-bond acceptors (Lipinski definition) is 5. The SMILES string of the molecule is CCOCCN(C)c1ccnc(NC)n1. The number of nitrogens with one attached hydrogen (secondary N) is 1. The van der Waals surface area contributed by atoms with Crippen LogP contribution in [0.3, 0.4) is 0 Å². The summed E-state index contributed by atoms with van der Waals surface area (Å²) in [6, 6.07) is 1.88. The largest absolute Gasteiger partial charge is 0.380 e. The minimum absolute atomic E-state index is 0.635. The molecule has 0 fully saturated rings. The number of anilines is 2. The fourth-order valence-electron chi connectivity index (χ4n) is 1.14. The van der Waals surface area contributed by atoms with Crippen LogP contribution in [0.4, 0.5) is 11.8 Å². The molecule has 0 atom stereocenters. The van der Waals surface area contributed by atoms with E-state index in [1.54, 1.807) is 13.2 Å². The van der Waals surface area contributed by atoms with Crippen LogP contribution >= 0.6 is 0 Å². The fourth-order valence-corrected chi connectivity index (χ4v) is 1.14. The molecule has 0 aliphatic rings. The van der Waals surface area contributed by atoms with E-state index >= 15 is 0 Å². The Labute approximate surface area is 90.5 Å². The lowest BCUT2D eigenvalue weighted by Crippen LogP contribution is -2.23. The standard InChI is InChI=1S/C10H18N4O/c1-4-15-8-7-14(3)9-5-6-12-10(11-2)13-9/h5-6H,4,7-8H2,1-3H3,(H,11,12,13). The second-order valence-corrected chi connectivity index (χ2v) is 3.11. The van der Waals surface area contributed by atoms with Gasteiger partial charge in [0.1, 0.15) is 5.82 Å². The topological polar surface area (TPSA) is 50.3 Å². The Hall–Kier alpha value is -1.36. The molecular weight excluding hydrogens is 192 g/mol. The molecule has 0 aromatic carbocycles. The molecule has 0 unspecified atom stereocenters. The molecule has 1 N–H and O–H groups in total. The van der Waals surface area contributed by atoms with Gasteiger partial charge in [0.15, 0.2) is 0 Å². The van der Waals surface area contributed by atoms with Crippen molar-refractivity contribution in [1.82, 2.24) is 9.97 Å². The molecule has 0 saturated carbocycles. The zero-order chi connectivity index (χ0) is 11.1. The van der Waals surface area contributed by atoms with Crippen molar-refractivity contribution in [3.8, 4) is 0 Å². The van der Waals surface area contributed by atoms with Gasteiger partial charge in [-0.1, -0.05) is 0 Å². The maximum absolute atomic E-state index is 5.28. The van der Waals surface area contributed by atoms with Crippen molar-refractivity contribution < 1.29 is 4.74 Å². The zero-order valence-electron chi connectivity index (χ0n) is 9.53. The molecule has 0 spiro atoms. The average Bonchev–Trinajstić information content (AvgIpc) is 2.29. The molecule has 0 aliphatic heterocycles. The molecule has 0 aliphatic carbocycles. The van der Waals surface area contributed by atoms with Crippen molar-refractivity contribution in [3.63, 3.8) is 0 Å². The van der Waals surface area contributed by atoms with Crippen molar-refractivity contribution in [2.75, 3.05) is 44.1 Å². The van der Waals surface area contributed by atoms with Gasteiger partial charge in [0.05, 0.1) is 6.61 Å². The van der Waals surface area contributed by atoms with E-state index in [0.29, 0.717) is 12.6 Å². The lowest BCUT2D eigenvalue weighted by Gasteiger charge is -2.17. The van der Waals surface area contributed by atoms with Gasteiger partial charge in [0, 0.05) is 33.4 Å². The highest BCUT2D eigenvalue weighted by molar-refractivity contribution is 5.41. The van der Waals surface area contributed by atoms with Crippen LogP contribution < -0.4 is 10.2 Å². The Balaban J connectivity index is 2.52. The second kappa shape index (κ2) is 6.19. The normalized spacial score (nSPS) is 10.1. The molecule has 0 radical (unpaired) electrons. The first-order chi connectivity index (χ1) is 7.27. The molecule has 1 heterocycles. The van der Waals surface area contributed by atoms with Gasteiger partial charge in [-0.3, -0.25) is 0 Å². The van der Waals surface area contributed by atoms with E-state index in [0.717, 1.165) is 19.0 Å². The van der Waals surface area contributed by atoms with Gasteiger partial charge < -0.3 is 15.0 Å². The first-order valence-electron chi connectivity index (χ1n) is 5.07. The van der Waals surface area contributed by atoms with Crippen LogP contribution in [-0.4, -0.2) is 43.8 Å². The Morgan fingerprint density at radius 1 is 1.53 bits per heavy atom. The lowest BCUT2D eigenvalue weighted by atomic mass is 10.5. The quantitative estimate of drug-likeness (QED) is 0.710. The number of likely N-dealkylation sites (N-methyl/N-ethyl adjacent to an activating group) is 1. The smallest absolute Gasteiger partial charge is 0.224 e. The van der Waals surface area contributed by atoms with Gasteiger partial charge >= 0.3 is 0 Å². The summed E-state index contributed by atoms with van der Waals surface area (Å²) in [6.07, 6.45) is 1.74. The summed E-state index contributed by atoms with van der Waals surface area (Å²) in [6.45, 7) is 4.28. The van der Waals surface area contributed by atoms with Gasteiger partial charge in [-0.05, 0) is 13.0 Å². The molecule has 0 amide bonds. The van der Waals surface area contributed by atoms with E-state index in [9.17, 15) is 0 Å². The first-order valence-corrected chi connectivity index (χ1v) is 5.07. The van der Waals surface area contributed by atoms with Gasteiger partial charge in [-0.15, -0.1) is 0 Å². The minimum Gasteiger partial charge on any atom is -0.380 e. The summed E-state index contributed by atoms with van der Waals surface area (Å²) < 4.78 is 5.28. The molecule has 0 saturated heterocycles. The highest BCUT2D eigenvalue weighted by atomic mass is 16.5. The van der Waals surface area contributed by atoms with E-state index in [4.69, 9.17) is 4.74 Å². The van der Waals surface area contributed by atoms with Crippen LogP contribution in [0.1, 0.15) is 6.92 Å². The van der Waals surface area contributed by atoms with Crippen LogP contribution in [0.5, 0.6) is 0 Å². The van der Waals surface area contributed by atoms with Gasteiger partial charge in [0.2, 0.25) is 5.95 Å². The van der Waals surface area contributed by atoms with Crippen LogP contribution in [0.15, 0.2) is 12.3 Å². The van der Waals surface area contributed by atoms with Crippen molar-refractivity contribution in [3.05, 3.63) is 12.3 Å². The number of nitrogens with zero attached hydrogens (tertiary/aromatic N) is 3. The lowest BCUT2D eigenvalue weighted by molar-refractivity contribution is 0.154. The average molecular weight is 210 g/mol. The Kier molecular flexibility index (Phi) is 4.83. The second-order valence-electron chi connectivity index (χ2n) is 3.11. The number of hydrogen-bond donors (Lipinski definition) is 1. The van der Waals surface area contributed by atoms with E-state index in [1.165, 1.54) is 0 Å². The van der Waals surface area contributed by atoms with E-state index in [-0.39, 0.29) is 0 Å². The zero-order valence-corrected chi connectivity index (χ0v) is 9.53. The number of rotatable bonds is 6. The molecule has 1 rings (SSSR count). The summed E-state index contributed by atoms with van der Waals surface area (Å²) in [5, 5.41) is 2.91. The van der Waals surface area contributed by atoms with Crippen LogP contribution in [0, 0.1) is 0 Å². The highest BCUT2D eigenvalue weighted by Gasteiger charge is 2.02. The van der Waals surface area contributed by atoms with Crippen molar-refractivity contribution in [1.29, 1.82) is 0 Å². The van der Waals surface area contributed by atoms with E-state index in [1.807, 2.05) is 24.9 Å². The summed E-state index contributed by atoms with van der Waals surface area (Å²) in [4.78, 5) is 10.4. The summed E-state index contributed by atoms with van der Waals surface area (Å²) in [5.41, 5.74) is 0. The third-order valence-corrected chi connectivity index (χ3v) is 2.03. The third kappa shape index (κ3) is 3.71. The van der Waals surface area contributed by atoms with Gasteiger partial charge in [-0.25, -0.2) is 4.98 Å². The first kappa shape index (κ1) is 11.7. The molecule has 5 nitrogen and oxygen atoms in total. The van der Waals surface area contributed by atoms with Crippen molar-refractivity contribution >= 4 is 11.8 Å². The van der Waals surface area contributed by atoms with Crippen LogP contribution in [0.25, 0.3) is 0 Å². The van der Waals surface area contributed by atoms with Crippen molar-refractivity contribution in [2.24, 2.45) is 0 Å². The molecule has 1 aromatic heterocycles. The molecule has 0 bridgehead atoms. The van der Waals surface area contributed by atoms with E-state index < -0.39 is 0 Å². The van der Waals surface area contributed by atoms with Gasteiger partial charge in [0.25, 0.3) is 0 Å². The third-order valence-electron chi connectivity index (χ3n) is 2.03. The van der Waals surface area contributed by atoms with Crippen molar-refractivity contribution in [2.45, 2.75) is 6.92 Å². The fraction of sp³-hybridized carbons (Fsp3) is 0.600. The predicted octanol–water partition coefficient (Wildman–Crippen LogP) is 0.991. The maximum atomic E-state index is 5.28. The van der Waals surface area contributed by atoms with Crippen LogP contribution in [0.2, 0.25) is 0 Å². The summed E-state index contributed by atoms with van der Waals surface area (Å²) >= 11 is 0. The van der Waals surface area contributed by atoms with Gasteiger partial charge in [-0.2, -0.15) is 4.98 Å². The number of aromatic nitrogens is 2. The summed E-state index contributed by atoms with van der Waals surface area (Å²) in [7, 11) is 3.79. The van der Waals surface area contributed by atoms with Crippen LogP contribution in [-0.2, 0) is 4.74 Å². The highest BCUT2D eigenvalue weighted by Crippen LogP contribution is 2.09. The monoisotopic (exact) mass is 210 g/mol. The predicted molar refractivity (Wildman–Crippen MR) is 61.3 cm³/mol. The molecule has 1 aromatic rings. The molecule has 5 heteroatoms.